The number of benzene rings is 1. The molecule has 0 saturated carbocycles. The Morgan fingerprint density at radius 3 is 2.79 bits per heavy atom. The molecule has 0 saturated heterocycles. The SMILES string of the molecule is Cc1cscc1C(=O)c1ccc2c(c1)CC(=O)N2C. The molecule has 19 heavy (non-hydrogen) atoms. The molecule has 1 amide bonds. The maximum Gasteiger partial charge on any atom is 0.231 e. The Morgan fingerprint density at radius 1 is 1.32 bits per heavy atom. The second-order valence-corrected chi connectivity index (χ2v) is 5.51. The van der Waals surface area contributed by atoms with Crippen molar-refractivity contribution < 1.29 is 9.59 Å². The number of amides is 1. The van der Waals surface area contributed by atoms with Crippen molar-refractivity contribution in [2.24, 2.45) is 0 Å². The van der Waals surface area contributed by atoms with Gasteiger partial charge in [-0.1, -0.05) is 0 Å². The smallest absolute Gasteiger partial charge is 0.231 e. The topological polar surface area (TPSA) is 37.4 Å². The first kappa shape index (κ1) is 12.1. The Hall–Kier alpha value is -1.94. The minimum atomic E-state index is 0.0311. The summed E-state index contributed by atoms with van der Waals surface area (Å²) in [5.74, 6) is 0.106. The summed E-state index contributed by atoms with van der Waals surface area (Å²) in [5.41, 5.74) is 4.25. The van der Waals surface area contributed by atoms with Crippen molar-refractivity contribution in [3.8, 4) is 0 Å². The minimum Gasteiger partial charge on any atom is -0.315 e. The maximum atomic E-state index is 12.4. The summed E-state index contributed by atoms with van der Waals surface area (Å²) in [6.45, 7) is 1.94. The van der Waals surface area contributed by atoms with Crippen LogP contribution in [0.2, 0.25) is 0 Å². The standard InChI is InChI=1S/C15H13NO2S/c1-9-7-19-8-12(9)15(18)10-3-4-13-11(5-10)6-14(17)16(13)2/h3-5,7-8H,6H2,1-2H3. The zero-order valence-corrected chi connectivity index (χ0v) is 11.6. The van der Waals surface area contributed by atoms with E-state index in [1.807, 2.05) is 29.8 Å². The number of aryl methyl sites for hydroxylation is 1. The van der Waals surface area contributed by atoms with Gasteiger partial charge in [0.15, 0.2) is 5.78 Å². The molecule has 4 heteroatoms. The lowest BCUT2D eigenvalue weighted by atomic mass is 10.00. The average molecular weight is 271 g/mol. The van der Waals surface area contributed by atoms with Gasteiger partial charge in [0.25, 0.3) is 0 Å². The molecule has 0 bridgehead atoms. The van der Waals surface area contributed by atoms with Gasteiger partial charge in [-0.25, -0.2) is 0 Å². The molecule has 1 aromatic carbocycles. The molecule has 0 fully saturated rings. The number of hydrogen-bond donors (Lipinski definition) is 0. The van der Waals surface area contributed by atoms with E-state index in [2.05, 4.69) is 0 Å². The zero-order valence-electron chi connectivity index (χ0n) is 10.8. The average Bonchev–Trinajstić information content (AvgIpc) is 2.93. The molecule has 3 nitrogen and oxygen atoms in total. The van der Waals surface area contributed by atoms with Crippen molar-refractivity contribution in [2.45, 2.75) is 13.3 Å². The largest absolute Gasteiger partial charge is 0.315 e. The Labute approximate surface area is 115 Å². The van der Waals surface area contributed by atoms with Crippen molar-refractivity contribution in [1.29, 1.82) is 0 Å². The van der Waals surface area contributed by atoms with Crippen molar-refractivity contribution in [1.82, 2.24) is 0 Å². The van der Waals surface area contributed by atoms with Crippen molar-refractivity contribution in [2.75, 3.05) is 11.9 Å². The van der Waals surface area contributed by atoms with Crippen LogP contribution in [0.3, 0.4) is 0 Å². The zero-order chi connectivity index (χ0) is 13.6. The number of carbonyl (C=O) groups is 2. The Morgan fingerprint density at radius 2 is 2.11 bits per heavy atom. The number of ketones is 1. The number of thiophene rings is 1. The van der Waals surface area contributed by atoms with Crippen LogP contribution in [0.1, 0.15) is 27.0 Å². The van der Waals surface area contributed by atoms with Crippen LogP contribution in [0.25, 0.3) is 0 Å². The first-order chi connectivity index (χ1) is 9.08. The Bertz CT molecular complexity index is 687. The lowest BCUT2D eigenvalue weighted by molar-refractivity contribution is -0.117. The monoisotopic (exact) mass is 271 g/mol. The third kappa shape index (κ3) is 1.88. The summed E-state index contributed by atoms with van der Waals surface area (Å²) in [7, 11) is 1.76. The highest BCUT2D eigenvalue weighted by molar-refractivity contribution is 7.08. The van der Waals surface area contributed by atoms with E-state index in [1.54, 1.807) is 18.0 Å². The fraction of sp³-hybridized carbons (Fsp3) is 0.200. The van der Waals surface area contributed by atoms with Crippen LogP contribution in [-0.2, 0) is 11.2 Å². The second-order valence-electron chi connectivity index (χ2n) is 4.77. The Kier molecular flexibility index (Phi) is 2.75. The van der Waals surface area contributed by atoms with Gasteiger partial charge in [-0.2, -0.15) is 11.3 Å². The normalized spacial score (nSPS) is 13.8. The number of likely N-dealkylation sites (N-methyl/N-ethyl adjacent to an activating group) is 1. The van der Waals surface area contributed by atoms with E-state index in [0.717, 1.165) is 22.4 Å². The molecule has 0 N–H and O–H groups in total. The number of rotatable bonds is 2. The summed E-state index contributed by atoms with van der Waals surface area (Å²) in [4.78, 5) is 25.7. The Balaban J connectivity index is 2.01. The lowest BCUT2D eigenvalue weighted by Gasteiger charge is -2.10. The molecule has 2 heterocycles. The molecule has 1 aliphatic heterocycles. The minimum absolute atomic E-state index is 0.0311. The van der Waals surface area contributed by atoms with Crippen molar-refractivity contribution in [3.05, 3.63) is 51.2 Å². The first-order valence-electron chi connectivity index (χ1n) is 6.05. The highest BCUT2D eigenvalue weighted by atomic mass is 32.1. The van der Waals surface area contributed by atoms with Crippen LogP contribution >= 0.6 is 11.3 Å². The third-order valence-electron chi connectivity index (χ3n) is 3.52. The fourth-order valence-electron chi connectivity index (χ4n) is 2.36. The highest BCUT2D eigenvalue weighted by Gasteiger charge is 2.25. The summed E-state index contributed by atoms with van der Waals surface area (Å²) >= 11 is 1.53. The van der Waals surface area contributed by atoms with E-state index < -0.39 is 0 Å². The van der Waals surface area contributed by atoms with Gasteiger partial charge < -0.3 is 4.90 Å². The van der Waals surface area contributed by atoms with Crippen LogP contribution in [0, 0.1) is 6.92 Å². The molecule has 1 aromatic heterocycles. The van der Waals surface area contributed by atoms with Crippen LogP contribution in [0.15, 0.2) is 29.0 Å². The van der Waals surface area contributed by atoms with Gasteiger partial charge in [0, 0.05) is 29.2 Å². The van der Waals surface area contributed by atoms with Gasteiger partial charge in [-0.05, 0) is 41.6 Å². The van der Waals surface area contributed by atoms with Crippen LogP contribution in [0.5, 0.6) is 0 Å². The first-order valence-corrected chi connectivity index (χ1v) is 6.99. The molecule has 0 spiro atoms. The summed E-state index contributed by atoms with van der Waals surface area (Å²) in [6, 6.07) is 5.50. The predicted octanol–water partition coefficient (Wildman–Crippen LogP) is 2.81. The van der Waals surface area contributed by atoms with Crippen molar-refractivity contribution >= 4 is 28.7 Å². The molecule has 2 aromatic rings. The van der Waals surface area contributed by atoms with E-state index in [1.165, 1.54) is 11.3 Å². The maximum absolute atomic E-state index is 12.4. The predicted molar refractivity (Wildman–Crippen MR) is 76.0 cm³/mol. The van der Waals surface area contributed by atoms with E-state index in [9.17, 15) is 9.59 Å². The van der Waals surface area contributed by atoms with Gasteiger partial charge >= 0.3 is 0 Å². The van der Waals surface area contributed by atoms with Gasteiger partial charge in [-0.3, -0.25) is 9.59 Å². The van der Waals surface area contributed by atoms with E-state index in [-0.39, 0.29) is 11.7 Å². The second kappa shape index (κ2) is 4.31. The molecule has 0 atom stereocenters. The van der Waals surface area contributed by atoms with Crippen molar-refractivity contribution in [3.63, 3.8) is 0 Å². The highest BCUT2D eigenvalue weighted by Crippen LogP contribution is 2.29. The summed E-state index contributed by atoms with van der Waals surface area (Å²) in [5, 5.41) is 3.85. The molecule has 3 rings (SSSR count). The quantitative estimate of drug-likeness (QED) is 0.788. The number of anilines is 1. The number of carbonyl (C=O) groups excluding carboxylic acids is 2. The molecule has 96 valence electrons. The van der Waals surface area contributed by atoms with E-state index in [0.29, 0.717) is 12.0 Å². The van der Waals surface area contributed by atoms with Gasteiger partial charge in [0.2, 0.25) is 5.91 Å². The number of nitrogens with zero attached hydrogens (tertiary/aromatic N) is 1. The summed E-state index contributed by atoms with van der Waals surface area (Å²) in [6.07, 6.45) is 0.384. The summed E-state index contributed by atoms with van der Waals surface area (Å²) < 4.78 is 0. The molecular formula is C15H13NO2S. The fourth-order valence-corrected chi connectivity index (χ4v) is 3.19. The third-order valence-corrected chi connectivity index (χ3v) is 4.38. The molecule has 0 unspecified atom stereocenters. The van der Waals surface area contributed by atoms with Gasteiger partial charge in [0.1, 0.15) is 0 Å². The molecule has 0 aliphatic carbocycles. The van der Waals surface area contributed by atoms with Gasteiger partial charge in [0.05, 0.1) is 6.42 Å². The van der Waals surface area contributed by atoms with E-state index in [4.69, 9.17) is 0 Å². The van der Waals surface area contributed by atoms with Crippen LogP contribution in [-0.4, -0.2) is 18.7 Å². The molecule has 1 aliphatic rings. The van der Waals surface area contributed by atoms with E-state index >= 15 is 0 Å². The molecule has 0 radical (unpaired) electrons. The molecular weight excluding hydrogens is 258 g/mol. The lowest BCUT2D eigenvalue weighted by Crippen LogP contribution is -2.20. The van der Waals surface area contributed by atoms with Gasteiger partial charge in [-0.15, -0.1) is 0 Å². The number of hydrogen-bond acceptors (Lipinski definition) is 3. The van der Waals surface area contributed by atoms with Crippen LogP contribution in [0.4, 0.5) is 5.69 Å². The van der Waals surface area contributed by atoms with Crippen LogP contribution < -0.4 is 4.90 Å². The number of fused-ring (bicyclic) bond motifs is 1.